The topological polar surface area (TPSA) is 20.3 Å². The molecule has 0 bridgehead atoms. The molecule has 0 saturated heterocycles. The van der Waals surface area contributed by atoms with Crippen molar-refractivity contribution in [3.8, 4) is 0 Å². The summed E-state index contributed by atoms with van der Waals surface area (Å²) in [7, 11) is 0. The minimum absolute atomic E-state index is 0.0227. The third kappa shape index (κ3) is 3.17. The van der Waals surface area contributed by atoms with Gasteiger partial charge in [-0.1, -0.05) is 49.0 Å². The van der Waals surface area contributed by atoms with Crippen LogP contribution in [0.5, 0.6) is 0 Å². The van der Waals surface area contributed by atoms with Gasteiger partial charge in [0.1, 0.15) is 0 Å². The first-order valence-electron chi connectivity index (χ1n) is 7.51. The molecule has 116 valence electrons. The van der Waals surface area contributed by atoms with Crippen LogP contribution in [0.15, 0.2) is 54.7 Å². The van der Waals surface area contributed by atoms with E-state index in [9.17, 15) is 4.79 Å². The van der Waals surface area contributed by atoms with E-state index in [2.05, 4.69) is 13.2 Å². The minimum atomic E-state index is 0.0227. The molecule has 2 nitrogen and oxygen atoms in total. The summed E-state index contributed by atoms with van der Waals surface area (Å²) >= 11 is 6.24. The summed E-state index contributed by atoms with van der Waals surface area (Å²) in [6.07, 6.45) is 4.86. The lowest BCUT2D eigenvalue weighted by Crippen LogP contribution is -2.44. The van der Waals surface area contributed by atoms with Crippen LogP contribution >= 0.6 is 11.6 Å². The zero-order valence-electron chi connectivity index (χ0n) is 13.2. The number of hydrogen-bond acceptors (Lipinski definition) is 1. The van der Waals surface area contributed by atoms with Gasteiger partial charge in [-0.2, -0.15) is 0 Å². The average molecular weight is 316 g/mol. The Bertz CT molecular complexity index is 625. The van der Waals surface area contributed by atoms with Gasteiger partial charge in [0.15, 0.2) is 0 Å². The van der Waals surface area contributed by atoms with Gasteiger partial charge in [0.05, 0.1) is 12.5 Å². The maximum Gasteiger partial charge on any atom is 0.227 e. The normalized spacial score (nSPS) is 18.3. The van der Waals surface area contributed by atoms with Crippen molar-refractivity contribution in [3.63, 3.8) is 0 Å². The fourth-order valence-corrected chi connectivity index (χ4v) is 3.31. The summed E-state index contributed by atoms with van der Waals surface area (Å²) in [4.78, 5) is 14.6. The molecule has 0 aliphatic carbocycles. The van der Waals surface area contributed by atoms with Crippen molar-refractivity contribution in [1.82, 2.24) is 4.90 Å². The molecule has 1 heterocycles. The molecule has 0 radical (unpaired) electrons. The van der Waals surface area contributed by atoms with Crippen molar-refractivity contribution >= 4 is 17.5 Å². The Hall–Kier alpha value is -1.80. The van der Waals surface area contributed by atoms with E-state index in [1.807, 2.05) is 49.1 Å². The molecule has 0 aromatic heterocycles. The Morgan fingerprint density at radius 1 is 1.41 bits per heavy atom. The van der Waals surface area contributed by atoms with Crippen LogP contribution in [0.3, 0.4) is 0 Å². The molecule has 1 aromatic carbocycles. The molecule has 1 aliphatic heterocycles. The average Bonchev–Trinajstić information content (AvgIpc) is 2.50. The molecule has 22 heavy (non-hydrogen) atoms. The van der Waals surface area contributed by atoms with Gasteiger partial charge in [-0.05, 0) is 48.6 Å². The molecule has 2 rings (SSSR count). The molecule has 0 saturated carbocycles. The highest BCUT2D eigenvalue weighted by Crippen LogP contribution is 2.27. The van der Waals surface area contributed by atoms with Gasteiger partial charge < -0.3 is 4.90 Å². The number of nitrogens with zero attached hydrogens (tertiary/aromatic N) is 1. The summed E-state index contributed by atoms with van der Waals surface area (Å²) in [5.74, 6) is 0.103. The Morgan fingerprint density at radius 3 is 2.73 bits per heavy atom. The Morgan fingerprint density at radius 2 is 2.14 bits per heavy atom. The summed E-state index contributed by atoms with van der Waals surface area (Å²) in [6, 6.07) is 5.75. The molecule has 1 unspecified atom stereocenters. The lowest BCUT2D eigenvalue weighted by Gasteiger charge is -2.36. The van der Waals surface area contributed by atoms with Crippen molar-refractivity contribution < 1.29 is 4.79 Å². The third-order valence-corrected chi connectivity index (χ3v) is 4.73. The van der Waals surface area contributed by atoms with Crippen LogP contribution in [0.1, 0.15) is 24.5 Å². The predicted octanol–water partition coefficient (Wildman–Crippen LogP) is 4.48. The van der Waals surface area contributed by atoms with E-state index >= 15 is 0 Å². The second-order valence-electron chi connectivity index (χ2n) is 5.61. The van der Waals surface area contributed by atoms with Crippen molar-refractivity contribution in [2.45, 2.75) is 32.7 Å². The van der Waals surface area contributed by atoms with E-state index in [1.54, 1.807) is 0 Å². The third-order valence-electron chi connectivity index (χ3n) is 4.38. The van der Waals surface area contributed by atoms with E-state index < -0.39 is 0 Å². The largest absolute Gasteiger partial charge is 0.335 e. The quantitative estimate of drug-likeness (QED) is 0.802. The lowest BCUT2D eigenvalue weighted by atomic mass is 9.92. The Balaban J connectivity index is 2.23. The molecule has 0 fully saturated rings. The highest BCUT2D eigenvalue weighted by molar-refractivity contribution is 6.31. The van der Waals surface area contributed by atoms with E-state index in [-0.39, 0.29) is 11.9 Å². The molecule has 0 spiro atoms. The number of amides is 1. The van der Waals surface area contributed by atoms with Crippen LogP contribution in [0, 0.1) is 6.92 Å². The van der Waals surface area contributed by atoms with Crippen LogP contribution < -0.4 is 0 Å². The summed E-state index contributed by atoms with van der Waals surface area (Å²) in [5, 5.41) is 0.657. The Kier molecular flexibility index (Phi) is 5.25. The smallest absolute Gasteiger partial charge is 0.227 e. The highest BCUT2D eigenvalue weighted by atomic mass is 35.5. The molecule has 0 N–H and O–H groups in total. The number of aryl methyl sites for hydroxylation is 1. The summed E-state index contributed by atoms with van der Waals surface area (Å²) in [6.45, 7) is 12.5. The maximum absolute atomic E-state index is 12.7. The van der Waals surface area contributed by atoms with Gasteiger partial charge >= 0.3 is 0 Å². The van der Waals surface area contributed by atoms with Crippen LogP contribution in [-0.2, 0) is 11.2 Å². The van der Waals surface area contributed by atoms with E-state index in [0.29, 0.717) is 18.0 Å². The number of carbonyl (C=O) groups excluding carboxylic acids is 1. The zero-order valence-corrected chi connectivity index (χ0v) is 14.0. The van der Waals surface area contributed by atoms with Gasteiger partial charge in [0.25, 0.3) is 0 Å². The first-order valence-corrected chi connectivity index (χ1v) is 7.88. The van der Waals surface area contributed by atoms with Gasteiger partial charge in [-0.25, -0.2) is 0 Å². The van der Waals surface area contributed by atoms with Crippen molar-refractivity contribution in [1.29, 1.82) is 0 Å². The van der Waals surface area contributed by atoms with E-state index in [0.717, 1.165) is 23.1 Å². The van der Waals surface area contributed by atoms with Crippen LogP contribution in [0.2, 0.25) is 5.02 Å². The number of benzene rings is 1. The zero-order chi connectivity index (χ0) is 16.3. The SMILES string of the molecule is C=CC1=C(C=C)C(C)N(C(=O)Cc2c(C)cccc2Cl)CC1. The second-order valence-corrected chi connectivity index (χ2v) is 6.02. The fraction of sp³-hybridized carbons (Fsp3) is 0.316. The number of rotatable bonds is 4. The summed E-state index contributed by atoms with van der Waals surface area (Å²) in [5.41, 5.74) is 4.24. The van der Waals surface area contributed by atoms with Gasteiger partial charge in [0, 0.05) is 11.6 Å². The second kappa shape index (κ2) is 6.97. The molecule has 1 aromatic rings. The highest BCUT2D eigenvalue weighted by Gasteiger charge is 2.27. The maximum atomic E-state index is 12.7. The van der Waals surface area contributed by atoms with Crippen molar-refractivity contribution in [2.75, 3.05) is 6.54 Å². The van der Waals surface area contributed by atoms with Crippen molar-refractivity contribution in [2.24, 2.45) is 0 Å². The molecule has 1 amide bonds. The number of carbonyl (C=O) groups is 1. The van der Waals surface area contributed by atoms with Gasteiger partial charge in [-0.15, -0.1) is 0 Å². The van der Waals surface area contributed by atoms with Crippen LogP contribution in [0.25, 0.3) is 0 Å². The number of halogens is 1. The molecule has 1 atom stereocenters. The van der Waals surface area contributed by atoms with E-state index in [1.165, 1.54) is 5.57 Å². The minimum Gasteiger partial charge on any atom is -0.335 e. The molecule has 1 aliphatic rings. The molecular weight excluding hydrogens is 294 g/mol. The summed E-state index contributed by atoms with van der Waals surface area (Å²) < 4.78 is 0. The lowest BCUT2D eigenvalue weighted by molar-refractivity contribution is -0.132. The van der Waals surface area contributed by atoms with Crippen LogP contribution in [0.4, 0.5) is 0 Å². The standard InChI is InChI=1S/C19H22ClNO/c1-5-15-10-11-21(14(4)16(15)6-2)19(22)12-17-13(3)8-7-9-18(17)20/h5-9,14H,1-2,10-12H2,3-4H3. The number of allylic oxidation sites excluding steroid dienone is 1. The van der Waals surface area contributed by atoms with Crippen molar-refractivity contribution in [3.05, 3.63) is 70.8 Å². The van der Waals surface area contributed by atoms with E-state index in [4.69, 9.17) is 11.6 Å². The number of hydrogen-bond donors (Lipinski definition) is 0. The molecular formula is C19H22ClNO. The fourth-order valence-electron chi connectivity index (χ4n) is 3.02. The first kappa shape index (κ1) is 16.6. The predicted molar refractivity (Wildman–Crippen MR) is 93.1 cm³/mol. The monoisotopic (exact) mass is 315 g/mol. The van der Waals surface area contributed by atoms with Gasteiger partial charge in [0.2, 0.25) is 5.91 Å². The Labute approximate surface area is 137 Å². The van der Waals surface area contributed by atoms with Gasteiger partial charge in [-0.3, -0.25) is 4.79 Å². The van der Waals surface area contributed by atoms with Crippen LogP contribution in [-0.4, -0.2) is 23.4 Å². The molecule has 3 heteroatoms. The first-order chi connectivity index (χ1) is 10.5.